The predicted molar refractivity (Wildman–Crippen MR) is 105 cm³/mol. The van der Waals surface area contributed by atoms with Crippen LogP contribution in [0.4, 0.5) is 5.00 Å². The molecule has 1 heterocycles. The van der Waals surface area contributed by atoms with Gasteiger partial charge in [0, 0.05) is 10.9 Å². The van der Waals surface area contributed by atoms with E-state index in [1.807, 2.05) is 13.8 Å². The van der Waals surface area contributed by atoms with Crippen LogP contribution in [0.1, 0.15) is 60.8 Å². The largest absolute Gasteiger partial charge is 0.465 e. The Kier molecular flexibility index (Phi) is 5.91. The standard InChI is InChI=1S/C18H28N2O2S2/c1-10-7-13(9-18(4,5)8-10)19-17(23)20-15-14(16(21)22-6)11(2)12(3)24-15/h10,13H,7-9H2,1-6H3,(H2,19,20,23). The fraction of sp³-hybridized carbons (Fsp3) is 0.667. The summed E-state index contributed by atoms with van der Waals surface area (Å²) in [5, 5.41) is 8.00. The molecular weight excluding hydrogens is 340 g/mol. The second-order valence-electron chi connectivity index (χ2n) is 7.69. The Labute approximate surface area is 154 Å². The molecule has 0 bridgehead atoms. The molecule has 1 aromatic rings. The third-order valence-corrected chi connectivity index (χ3v) is 6.07. The molecule has 2 atom stereocenters. The summed E-state index contributed by atoms with van der Waals surface area (Å²) in [4.78, 5) is 13.1. The first kappa shape index (κ1) is 19.2. The van der Waals surface area contributed by atoms with Gasteiger partial charge >= 0.3 is 5.97 Å². The fourth-order valence-electron chi connectivity index (χ4n) is 3.84. The van der Waals surface area contributed by atoms with Crippen molar-refractivity contribution >= 4 is 39.6 Å². The summed E-state index contributed by atoms with van der Waals surface area (Å²) in [5.41, 5.74) is 1.86. The smallest absolute Gasteiger partial charge is 0.341 e. The molecule has 6 heteroatoms. The molecule has 1 aromatic heterocycles. The van der Waals surface area contributed by atoms with Crippen molar-refractivity contribution in [2.75, 3.05) is 12.4 Å². The number of anilines is 1. The first-order valence-electron chi connectivity index (χ1n) is 8.38. The van der Waals surface area contributed by atoms with Gasteiger partial charge in [0.25, 0.3) is 0 Å². The molecule has 1 fully saturated rings. The maximum Gasteiger partial charge on any atom is 0.341 e. The predicted octanol–water partition coefficient (Wildman–Crippen LogP) is 4.65. The maximum absolute atomic E-state index is 12.0. The maximum atomic E-state index is 12.0. The monoisotopic (exact) mass is 368 g/mol. The highest BCUT2D eigenvalue weighted by Crippen LogP contribution is 2.38. The van der Waals surface area contributed by atoms with Gasteiger partial charge in [0.15, 0.2) is 5.11 Å². The summed E-state index contributed by atoms with van der Waals surface area (Å²) in [6, 6.07) is 0.368. The van der Waals surface area contributed by atoms with E-state index in [1.54, 1.807) is 0 Å². The number of aryl methyl sites for hydroxylation is 1. The van der Waals surface area contributed by atoms with E-state index in [1.165, 1.54) is 24.9 Å². The molecular formula is C18H28N2O2S2. The van der Waals surface area contributed by atoms with E-state index in [9.17, 15) is 4.79 Å². The minimum atomic E-state index is -0.324. The van der Waals surface area contributed by atoms with Crippen LogP contribution in [0.25, 0.3) is 0 Å². The summed E-state index contributed by atoms with van der Waals surface area (Å²) in [6.45, 7) is 10.9. The SMILES string of the molecule is COC(=O)c1c(NC(=S)NC2CC(C)CC(C)(C)C2)sc(C)c1C. The number of thiocarbonyl (C=S) groups is 1. The van der Waals surface area contributed by atoms with Crippen molar-refractivity contribution < 1.29 is 9.53 Å². The Morgan fingerprint density at radius 2 is 2.00 bits per heavy atom. The van der Waals surface area contributed by atoms with Gasteiger partial charge in [0.2, 0.25) is 0 Å². The normalized spacial score (nSPS) is 22.8. The molecule has 134 valence electrons. The molecule has 1 aliphatic rings. The minimum absolute atomic E-state index is 0.324. The Morgan fingerprint density at radius 1 is 1.33 bits per heavy atom. The molecule has 1 aliphatic carbocycles. The van der Waals surface area contributed by atoms with Crippen LogP contribution in [0.2, 0.25) is 0 Å². The average Bonchev–Trinajstić information content (AvgIpc) is 2.70. The number of hydrogen-bond acceptors (Lipinski definition) is 4. The zero-order valence-corrected chi connectivity index (χ0v) is 17.0. The van der Waals surface area contributed by atoms with Gasteiger partial charge in [0.05, 0.1) is 12.7 Å². The summed E-state index contributed by atoms with van der Waals surface area (Å²) in [6.07, 6.45) is 3.48. The van der Waals surface area contributed by atoms with Gasteiger partial charge in [-0.1, -0.05) is 20.8 Å². The fourth-order valence-corrected chi connectivity index (χ4v) is 5.23. The van der Waals surface area contributed by atoms with Gasteiger partial charge in [-0.05, 0) is 62.2 Å². The highest BCUT2D eigenvalue weighted by atomic mass is 32.1. The summed E-state index contributed by atoms with van der Waals surface area (Å²) in [5.74, 6) is 0.362. The molecule has 2 rings (SSSR count). The van der Waals surface area contributed by atoms with Crippen LogP contribution in [0, 0.1) is 25.2 Å². The third kappa shape index (κ3) is 4.48. The highest BCUT2D eigenvalue weighted by molar-refractivity contribution is 7.80. The molecule has 1 saturated carbocycles. The number of thiophene rings is 1. The lowest BCUT2D eigenvalue weighted by Gasteiger charge is -2.39. The van der Waals surface area contributed by atoms with Crippen LogP contribution in [0.3, 0.4) is 0 Å². The van der Waals surface area contributed by atoms with Crippen LogP contribution in [0.15, 0.2) is 0 Å². The molecule has 2 N–H and O–H groups in total. The highest BCUT2D eigenvalue weighted by Gasteiger charge is 2.32. The van der Waals surface area contributed by atoms with Crippen molar-refractivity contribution in [3.05, 3.63) is 16.0 Å². The van der Waals surface area contributed by atoms with E-state index in [2.05, 4.69) is 31.4 Å². The van der Waals surface area contributed by atoms with Crippen molar-refractivity contribution in [3.8, 4) is 0 Å². The summed E-state index contributed by atoms with van der Waals surface area (Å²) >= 11 is 7.03. The topological polar surface area (TPSA) is 50.4 Å². The molecule has 0 spiro atoms. The molecule has 0 saturated heterocycles. The zero-order chi connectivity index (χ0) is 18.1. The Bertz CT molecular complexity index is 637. The minimum Gasteiger partial charge on any atom is -0.465 e. The van der Waals surface area contributed by atoms with E-state index in [0.717, 1.165) is 28.3 Å². The van der Waals surface area contributed by atoms with Crippen LogP contribution >= 0.6 is 23.6 Å². The van der Waals surface area contributed by atoms with Crippen molar-refractivity contribution in [1.29, 1.82) is 0 Å². The van der Waals surface area contributed by atoms with Gasteiger partial charge in [-0.15, -0.1) is 11.3 Å². The number of ether oxygens (including phenoxy) is 1. The number of carbonyl (C=O) groups is 1. The van der Waals surface area contributed by atoms with Gasteiger partial charge in [-0.2, -0.15) is 0 Å². The van der Waals surface area contributed by atoms with Crippen molar-refractivity contribution in [3.63, 3.8) is 0 Å². The Balaban J connectivity index is 2.08. The van der Waals surface area contributed by atoms with Crippen LogP contribution in [-0.4, -0.2) is 24.2 Å². The second kappa shape index (κ2) is 7.40. The molecule has 0 radical (unpaired) electrons. The zero-order valence-electron chi connectivity index (χ0n) is 15.4. The van der Waals surface area contributed by atoms with Gasteiger partial charge in [0.1, 0.15) is 5.00 Å². The lowest BCUT2D eigenvalue weighted by molar-refractivity contribution is 0.0601. The van der Waals surface area contributed by atoms with Crippen LogP contribution < -0.4 is 10.6 Å². The van der Waals surface area contributed by atoms with E-state index in [-0.39, 0.29) is 5.97 Å². The molecule has 24 heavy (non-hydrogen) atoms. The van der Waals surface area contributed by atoms with Crippen LogP contribution in [-0.2, 0) is 4.74 Å². The number of methoxy groups -OCH3 is 1. The second-order valence-corrected chi connectivity index (χ2v) is 9.32. The number of hydrogen-bond donors (Lipinski definition) is 2. The number of esters is 1. The number of rotatable bonds is 3. The quantitative estimate of drug-likeness (QED) is 0.601. The lowest BCUT2D eigenvalue weighted by atomic mass is 9.71. The number of carbonyl (C=O) groups excluding carboxylic acids is 1. The lowest BCUT2D eigenvalue weighted by Crippen LogP contribution is -2.44. The molecule has 4 nitrogen and oxygen atoms in total. The first-order valence-corrected chi connectivity index (χ1v) is 9.61. The average molecular weight is 369 g/mol. The Hall–Kier alpha value is -1.14. The van der Waals surface area contributed by atoms with Crippen molar-refractivity contribution in [1.82, 2.24) is 5.32 Å². The van der Waals surface area contributed by atoms with E-state index in [4.69, 9.17) is 17.0 Å². The van der Waals surface area contributed by atoms with Gasteiger partial charge < -0.3 is 15.4 Å². The molecule has 0 aromatic carbocycles. The third-order valence-electron chi connectivity index (χ3n) is 4.72. The Morgan fingerprint density at radius 3 is 2.58 bits per heavy atom. The summed E-state index contributed by atoms with van der Waals surface area (Å²) < 4.78 is 4.91. The summed E-state index contributed by atoms with van der Waals surface area (Å²) in [7, 11) is 1.40. The van der Waals surface area contributed by atoms with E-state index >= 15 is 0 Å². The van der Waals surface area contributed by atoms with Crippen LogP contribution in [0.5, 0.6) is 0 Å². The van der Waals surface area contributed by atoms with Crippen molar-refractivity contribution in [2.45, 2.75) is 59.9 Å². The molecule has 0 amide bonds. The number of nitrogens with one attached hydrogen (secondary N) is 2. The first-order chi connectivity index (χ1) is 11.1. The van der Waals surface area contributed by atoms with Gasteiger partial charge in [-0.25, -0.2) is 4.79 Å². The molecule has 2 unspecified atom stereocenters. The van der Waals surface area contributed by atoms with Crippen molar-refractivity contribution in [2.24, 2.45) is 11.3 Å². The van der Waals surface area contributed by atoms with Gasteiger partial charge in [-0.3, -0.25) is 0 Å². The van der Waals surface area contributed by atoms with E-state index in [0.29, 0.717) is 28.1 Å². The van der Waals surface area contributed by atoms with E-state index < -0.39 is 0 Å². The molecule has 0 aliphatic heterocycles.